The zero-order valence-electron chi connectivity index (χ0n) is 14.3. The van der Waals surface area contributed by atoms with E-state index in [1.807, 2.05) is 35.0 Å². The summed E-state index contributed by atoms with van der Waals surface area (Å²) in [5.41, 5.74) is 0.839. The van der Waals surface area contributed by atoms with Crippen molar-refractivity contribution in [2.24, 2.45) is 0 Å². The highest BCUT2D eigenvalue weighted by Gasteiger charge is 2.12. The molecule has 0 bridgehead atoms. The molecule has 2 aromatic rings. The Morgan fingerprint density at radius 2 is 1.61 bits per heavy atom. The number of nitrogens with zero attached hydrogens (tertiary/aromatic N) is 1. The van der Waals surface area contributed by atoms with Crippen molar-refractivity contribution in [3.8, 4) is 5.75 Å². The molecule has 0 spiro atoms. The predicted molar refractivity (Wildman–Crippen MR) is 94.4 cm³/mol. The summed E-state index contributed by atoms with van der Waals surface area (Å²) in [6.45, 7) is 3.53. The smallest absolute Gasteiger partial charge is 0.256 e. The number of aromatic hydroxyl groups is 1. The molecule has 1 heterocycles. The highest BCUT2D eigenvalue weighted by molar-refractivity contribution is 5.80. The zero-order chi connectivity index (χ0) is 16.3. The number of unbranched alkanes of at least 4 members (excludes halogenated alkanes) is 7. The standard InChI is InChI=1S/C20H29NO2/c1-2-3-4-5-6-7-8-9-16-23-17-21-15-11-13-18-12-10-14-19(22)20(18)21/h10-15H,2-9,16-17H2,1H3/p+1. The number of pyridine rings is 1. The molecule has 23 heavy (non-hydrogen) atoms. The topological polar surface area (TPSA) is 33.3 Å². The van der Waals surface area contributed by atoms with E-state index < -0.39 is 0 Å². The summed E-state index contributed by atoms with van der Waals surface area (Å²) < 4.78 is 7.75. The van der Waals surface area contributed by atoms with Crippen molar-refractivity contribution in [1.82, 2.24) is 0 Å². The number of phenolic OH excluding ortho intramolecular Hbond substituents is 1. The third kappa shape index (κ3) is 5.83. The molecular formula is C20H30NO2+. The van der Waals surface area contributed by atoms with Gasteiger partial charge in [0.2, 0.25) is 0 Å². The Labute approximate surface area is 139 Å². The van der Waals surface area contributed by atoms with Crippen LogP contribution in [0.15, 0.2) is 36.5 Å². The van der Waals surface area contributed by atoms with Crippen molar-refractivity contribution in [3.05, 3.63) is 36.5 Å². The monoisotopic (exact) mass is 316 g/mol. The van der Waals surface area contributed by atoms with Crippen molar-refractivity contribution in [2.75, 3.05) is 6.61 Å². The summed E-state index contributed by atoms with van der Waals surface area (Å²) in [7, 11) is 0. The second kappa shape index (κ2) is 10.2. The minimum atomic E-state index is 0.304. The molecule has 3 nitrogen and oxygen atoms in total. The summed E-state index contributed by atoms with van der Waals surface area (Å²) in [5.74, 6) is 0.304. The lowest BCUT2D eigenvalue weighted by Gasteiger charge is -2.05. The first-order chi connectivity index (χ1) is 11.3. The Bertz CT molecular complexity index is 578. The quantitative estimate of drug-likeness (QED) is 0.470. The third-order valence-corrected chi connectivity index (χ3v) is 4.25. The molecule has 0 fully saturated rings. The fourth-order valence-corrected chi connectivity index (χ4v) is 2.93. The third-order valence-electron chi connectivity index (χ3n) is 4.25. The predicted octanol–water partition coefficient (Wildman–Crippen LogP) is 4.95. The largest absolute Gasteiger partial charge is 0.502 e. The van der Waals surface area contributed by atoms with Crippen molar-refractivity contribution >= 4 is 10.9 Å². The van der Waals surface area contributed by atoms with Gasteiger partial charge >= 0.3 is 0 Å². The summed E-state index contributed by atoms with van der Waals surface area (Å²) in [6, 6.07) is 9.58. The lowest BCUT2D eigenvalue weighted by molar-refractivity contribution is -0.709. The van der Waals surface area contributed by atoms with Crippen molar-refractivity contribution < 1.29 is 14.4 Å². The Morgan fingerprint density at radius 3 is 2.39 bits per heavy atom. The van der Waals surface area contributed by atoms with E-state index in [9.17, 15) is 5.11 Å². The zero-order valence-corrected chi connectivity index (χ0v) is 14.3. The first kappa shape index (κ1) is 17.7. The van der Waals surface area contributed by atoms with Crippen LogP contribution in [0.25, 0.3) is 10.9 Å². The van der Waals surface area contributed by atoms with Gasteiger partial charge in [-0.3, -0.25) is 0 Å². The molecule has 0 amide bonds. The molecule has 1 aromatic carbocycles. The average Bonchev–Trinajstić information content (AvgIpc) is 2.57. The molecular weight excluding hydrogens is 286 g/mol. The van der Waals surface area contributed by atoms with Gasteiger partial charge in [-0.25, -0.2) is 0 Å². The molecule has 2 rings (SSSR count). The van der Waals surface area contributed by atoms with Gasteiger partial charge in [0.05, 0.1) is 12.0 Å². The van der Waals surface area contributed by atoms with Gasteiger partial charge in [0.1, 0.15) is 0 Å². The maximum atomic E-state index is 10.0. The highest BCUT2D eigenvalue weighted by atomic mass is 16.5. The van der Waals surface area contributed by atoms with E-state index in [-0.39, 0.29) is 0 Å². The van der Waals surface area contributed by atoms with Crippen LogP contribution in [-0.4, -0.2) is 11.7 Å². The van der Waals surface area contributed by atoms with Gasteiger partial charge in [-0.2, -0.15) is 4.57 Å². The van der Waals surface area contributed by atoms with Gasteiger partial charge in [-0.1, -0.05) is 57.9 Å². The molecule has 3 heteroatoms. The van der Waals surface area contributed by atoms with Gasteiger partial charge in [0.15, 0.2) is 11.9 Å². The van der Waals surface area contributed by atoms with Crippen LogP contribution in [0.3, 0.4) is 0 Å². The number of benzene rings is 1. The number of hydrogen-bond donors (Lipinski definition) is 1. The maximum Gasteiger partial charge on any atom is 0.256 e. The van der Waals surface area contributed by atoms with E-state index in [1.54, 1.807) is 6.07 Å². The van der Waals surface area contributed by atoms with Gasteiger partial charge < -0.3 is 9.84 Å². The molecule has 0 saturated heterocycles. The van der Waals surface area contributed by atoms with E-state index in [2.05, 4.69) is 6.92 Å². The van der Waals surface area contributed by atoms with E-state index in [0.717, 1.165) is 23.9 Å². The van der Waals surface area contributed by atoms with Crippen LogP contribution in [0.4, 0.5) is 0 Å². The van der Waals surface area contributed by atoms with E-state index >= 15 is 0 Å². The van der Waals surface area contributed by atoms with Crippen LogP contribution in [-0.2, 0) is 11.5 Å². The fraction of sp³-hybridized carbons (Fsp3) is 0.550. The minimum Gasteiger partial charge on any atom is -0.502 e. The Balaban J connectivity index is 1.65. The van der Waals surface area contributed by atoms with Gasteiger partial charge in [-0.05, 0) is 24.6 Å². The number of fused-ring (bicyclic) bond motifs is 1. The second-order valence-electron chi connectivity index (χ2n) is 6.21. The summed E-state index contributed by atoms with van der Waals surface area (Å²) >= 11 is 0. The average molecular weight is 316 g/mol. The van der Waals surface area contributed by atoms with Gasteiger partial charge in [0, 0.05) is 6.07 Å². The van der Waals surface area contributed by atoms with Crippen molar-refractivity contribution in [3.63, 3.8) is 0 Å². The summed E-state index contributed by atoms with van der Waals surface area (Å²) in [4.78, 5) is 0. The molecule has 0 radical (unpaired) electrons. The maximum absolute atomic E-state index is 10.0. The van der Waals surface area contributed by atoms with Crippen LogP contribution in [0.5, 0.6) is 5.75 Å². The first-order valence-electron chi connectivity index (χ1n) is 9.01. The molecule has 0 aliphatic rings. The molecule has 1 N–H and O–H groups in total. The van der Waals surface area contributed by atoms with Crippen LogP contribution in [0.2, 0.25) is 0 Å². The number of rotatable bonds is 11. The molecule has 1 aromatic heterocycles. The Kier molecular flexibility index (Phi) is 7.88. The van der Waals surface area contributed by atoms with Crippen molar-refractivity contribution in [1.29, 1.82) is 0 Å². The number of phenols is 1. The van der Waals surface area contributed by atoms with E-state index in [4.69, 9.17) is 4.74 Å². The Morgan fingerprint density at radius 1 is 0.913 bits per heavy atom. The number of para-hydroxylation sites is 1. The number of ether oxygens (including phenoxy) is 1. The van der Waals surface area contributed by atoms with Crippen molar-refractivity contribution in [2.45, 2.75) is 65.0 Å². The van der Waals surface area contributed by atoms with Crippen LogP contribution < -0.4 is 4.57 Å². The lowest BCUT2D eigenvalue weighted by atomic mass is 10.1. The van der Waals surface area contributed by atoms with Gasteiger partial charge in [-0.15, -0.1) is 0 Å². The van der Waals surface area contributed by atoms with E-state index in [0.29, 0.717) is 12.5 Å². The first-order valence-corrected chi connectivity index (χ1v) is 9.01. The fourth-order valence-electron chi connectivity index (χ4n) is 2.93. The highest BCUT2D eigenvalue weighted by Crippen LogP contribution is 2.20. The number of hydrogen-bond acceptors (Lipinski definition) is 2. The number of aromatic nitrogens is 1. The lowest BCUT2D eigenvalue weighted by Crippen LogP contribution is -2.35. The molecule has 0 saturated carbocycles. The molecule has 0 aliphatic carbocycles. The SMILES string of the molecule is CCCCCCCCCCOC[n+]1cccc2cccc(O)c21. The van der Waals surface area contributed by atoms with Crippen LogP contribution >= 0.6 is 0 Å². The minimum absolute atomic E-state index is 0.304. The van der Waals surface area contributed by atoms with Gasteiger partial charge in [0.25, 0.3) is 12.2 Å². The molecule has 0 unspecified atom stereocenters. The second-order valence-corrected chi connectivity index (χ2v) is 6.21. The molecule has 0 aliphatic heterocycles. The molecule has 126 valence electrons. The van der Waals surface area contributed by atoms with Crippen LogP contribution in [0.1, 0.15) is 58.3 Å². The molecule has 0 atom stereocenters. The van der Waals surface area contributed by atoms with Crippen LogP contribution in [0, 0.1) is 0 Å². The summed E-state index contributed by atoms with van der Waals surface area (Å²) in [5, 5.41) is 11.1. The normalized spacial score (nSPS) is 11.2. The summed E-state index contributed by atoms with van der Waals surface area (Å²) in [6.07, 6.45) is 12.4. The van der Waals surface area contributed by atoms with E-state index in [1.165, 1.54) is 44.9 Å². The Hall–Kier alpha value is -1.61.